The number of sulfonamides is 1. The summed E-state index contributed by atoms with van der Waals surface area (Å²) in [6.07, 6.45) is 1.66. The van der Waals surface area contributed by atoms with Crippen LogP contribution in [0.4, 0.5) is 4.39 Å². The largest absolute Gasteiger partial charge is 0.310 e. The van der Waals surface area contributed by atoms with Gasteiger partial charge in [-0.05, 0) is 30.5 Å². The Morgan fingerprint density at radius 1 is 1.37 bits per heavy atom. The quantitative estimate of drug-likeness (QED) is 0.838. The van der Waals surface area contributed by atoms with Gasteiger partial charge in [-0.15, -0.1) is 0 Å². The summed E-state index contributed by atoms with van der Waals surface area (Å²) in [6.45, 7) is 4.51. The van der Waals surface area contributed by atoms with E-state index in [0.717, 1.165) is 18.4 Å². The lowest BCUT2D eigenvalue weighted by atomic mass is 10.2. The van der Waals surface area contributed by atoms with Gasteiger partial charge in [0.05, 0.1) is 0 Å². The molecule has 0 bridgehead atoms. The van der Waals surface area contributed by atoms with Gasteiger partial charge in [0.2, 0.25) is 10.0 Å². The van der Waals surface area contributed by atoms with E-state index in [1.807, 2.05) is 13.8 Å². The van der Waals surface area contributed by atoms with Gasteiger partial charge in [0, 0.05) is 18.6 Å². The summed E-state index contributed by atoms with van der Waals surface area (Å²) in [7, 11) is -3.72. The van der Waals surface area contributed by atoms with Crippen LogP contribution in [-0.4, -0.2) is 20.5 Å². The number of benzene rings is 1. The van der Waals surface area contributed by atoms with Crippen molar-refractivity contribution in [3.05, 3.63) is 29.6 Å². The second-order valence-electron chi connectivity index (χ2n) is 5.20. The van der Waals surface area contributed by atoms with Crippen LogP contribution in [-0.2, 0) is 16.6 Å². The van der Waals surface area contributed by atoms with Gasteiger partial charge < -0.3 is 5.32 Å². The average Bonchev–Trinajstić information content (AvgIpc) is 3.09. The van der Waals surface area contributed by atoms with Crippen LogP contribution in [0.1, 0.15) is 32.3 Å². The second kappa shape index (κ2) is 5.56. The molecule has 0 atom stereocenters. The van der Waals surface area contributed by atoms with Crippen LogP contribution in [0.15, 0.2) is 23.1 Å². The van der Waals surface area contributed by atoms with Crippen LogP contribution < -0.4 is 10.0 Å². The number of hydrogen-bond acceptors (Lipinski definition) is 3. The Balaban J connectivity index is 2.14. The monoisotopic (exact) mass is 286 g/mol. The highest BCUT2D eigenvalue weighted by molar-refractivity contribution is 7.89. The smallest absolute Gasteiger partial charge is 0.243 e. The molecule has 4 nitrogen and oxygen atoms in total. The molecule has 0 spiro atoms. The first kappa shape index (κ1) is 14.4. The fraction of sp³-hybridized carbons (Fsp3) is 0.538. The molecule has 2 rings (SSSR count). The lowest BCUT2D eigenvalue weighted by Crippen LogP contribution is -2.27. The molecule has 2 N–H and O–H groups in total. The van der Waals surface area contributed by atoms with Gasteiger partial charge in [-0.1, -0.05) is 19.9 Å². The van der Waals surface area contributed by atoms with Crippen LogP contribution >= 0.6 is 0 Å². The molecule has 0 heterocycles. The van der Waals surface area contributed by atoms with Crippen LogP contribution in [0, 0.1) is 5.82 Å². The fourth-order valence-corrected chi connectivity index (χ4v) is 3.04. The molecule has 6 heteroatoms. The summed E-state index contributed by atoms with van der Waals surface area (Å²) in [5.74, 6) is -0.698. The molecule has 0 radical (unpaired) electrons. The Bertz CT molecular complexity index is 554. The number of nitrogens with one attached hydrogen (secondary N) is 2. The molecule has 1 aliphatic rings. The van der Waals surface area contributed by atoms with Crippen molar-refractivity contribution in [1.82, 2.24) is 10.0 Å². The van der Waals surface area contributed by atoms with E-state index in [0.29, 0.717) is 12.6 Å². The van der Waals surface area contributed by atoms with Crippen LogP contribution in [0.5, 0.6) is 0 Å². The van der Waals surface area contributed by atoms with Crippen molar-refractivity contribution >= 4 is 10.0 Å². The van der Waals surface area contributed by atoms with Gasteiger partial charge in [0.25, 0.3) is 0 Å². The zero-order valence-electron chi connectivity index (χ0n) is 11.1. The van der Waals surface area contributed by atoms with E-state index >= 15 is 0 Å². The topological polar surface area (TPSA) is 58.2 Å². The van der Waals surface area contributed by atoms with E-state index in [4.69, 9.17) is 0 Å². The standard InChI is InChI=1S/C13H19FN2O2S/c1-9(2)15-8-10-3-6-13(12(14)7-10)19(17,18)16-11-4-5-11/h3,6-7,9,11,15-16H,4-5,8H2,1-2H3. The average molecular weight is 286 g/mol. The Morgan fingerprint density at radius 2 is 2.05 bits per heavy atom. The summed E-state index contributed by atoms with van der Waals surface area (Å²) in [4.78, 5) is -0.271. The minimum Gasteiger partial charge on any atom is -0.310 e. The predicted molar refractivity (Wildman–Crippen MR) is 71.7 cm³/mol. The van der Waals surface area contributed by atoms with Gasteiger partial charge in [-0.2, -0.15) is 0 Å². The van der Waals surface area contributed by atoms with Gasteiger partial charge >= 0.3 is 0 Å². The SMILES string of the molecule is CC(C)NCc1ccc(S(=O)(=O)NC2CC2)c(F)c1. The highest BCUT2D eigenvalue weighted by Gasteiger charge is 2.29. The van der Waals surface area contributed by atoms with Crippen molar-refractivity contribution in [2.75, 3.05) is 0 Å². The van der Waals surface area contributed by atoms with Crippen molar-refractivity contribution in [3.8, 4) is 0 Å². The highest BCUT2D eigenvalue weighted by atomic mass is 32.2. The third kappa shape index (κ3) is 3.99. The van der Waals surface area contributed by atoms with E-state index in [1.54, 1.807) is 6.07 Å². The Kier molecular flexibility index (Phi) is 4.23. The molecule has 0 unspecified atom stereocenters. The Morgan fingerprint density at radius 3 is 2.58 bits per heavy atom. The number of rotatable bonds is 6. The van der Waals surface area contributed by atoms with Crippen LogP contribution in [0.2, 0.25) is 0 Å². The molecule has 1 aromatic carbocycles. The lowest BCUT2D eigenvalue weighted by Gasteiger charge is -2.10. The number of hydrogen-bond donors (Lipinski definition) is 2. The molecule has 1 fully saturated rings. The van der Waals surface area contributed by atoms with Gasteiger partial charge in [0.1, 0.15) is 10.7 Å². The summed E-state index contributed by atoms with van der Waals surface area (Å²) >= 11 is 0. The van der Waals surface area contributed by atoms with E-state index in [-0.39, 0.29) is 10.9 Å². The third-order valence-electron chi connectivity index (χ3n) is 2.90. The summed E-state index contributed by atoms with van der Waals surface area (Å²) in [5, 5.41) is 3.16. The summed E-state index contributed by atoms with van der Waals surface area (Å²) in [6, 6.07) is 4.52. The predicted octanol–water partition coefficient (Wildman–Crippen LogP) is 1.76. The molecule has 1 aromatic rings. The van der Waals surface area contributed by atoms with E-state index < -0.39 is 15.8 Å². The zero-order chi connectivity index (χ0) is 14.0. The Labute approximate surface area is 113 Å². The van der Waals surface area contributed by atoms with Crippen LogP contribution in [0.25, 0.3) is 0 Å². The van der Waals surface area contributed by atoms with Crippen LogP contribution in [0.3, 0.4) is 0 Å². The molecule has 1 aliphatic carbocycles. The minimum absolute atomic E-state index is 0.0216. The molecular formula is C13H19FN2O2S. The maximum absolute atomic E-state index is 13.9. The number of halogens is 1. The first-order valence-electron chi connectivity index (χ1n) is 6.42. The van der Waals surface area contributed by atoms with Crippen molar-refractivity contribution < 1.29 is 12.8 Å². The van der Waals surface area contributed by atoms with Crippen molar-refractivity contribution in [1.29, 1.82) is 0 Å². The van der Waals surface area contributed by atoms with E-state index in [1.165, 1.54) is 12.1 Å². The van der Waals surface area contributed by atoms with Crippen molar-refractivity contribution in [2.45, 2.75) is 50.2 Å². The summed E-state index contributed by atoms with van der Waals surface area (Å²) < 4.78 is 40.2. The molecule has 0 aliphatic heterocycles. The summed E-state index contributed by atoms with van der Waals surface area (Å²) in [5.41, 5.74) is 0.733. The molecule has 106 valence electrons. The lowest BCUT2D eigenvalue weighted by molar-refractivity contribution is 0.551. The normalized spacial score (nSPS) is 16.0. The van der Waals surface area contributed by atoms with Gasteiger partial charge in [-0.25, -0.2) is 17.5 Å². The molecule has 19 heavy (non-hydrogen) atoms. The maximum Gasteiger partial charge on any atom is 0.243 e. The molecule has 0 aromatic heterocycles. The first-order valence-corrected chi connectivity index (χ1v) is 7.91. The molecule has 1 saturated carbocycles. The molecular weight excluding hydrogens is 267 g/mol. The fourth-order valence-electron chi connectivity index (χ4n) is 1.68. The Hall–Kier alpha value is -0.980. The van der Waals surface area contributed by atoms with Gasteiger partial charge in [-0.3, -0.25) is 0 Å². The van der Waals surface area contributed by atoms with E-state index in [9.17, 15) is 12.8 Å². The first-order chi connectivity index (χ1) is 8.88. The minimum atomic E-state index is -3.72. The van der Waals surface area contributed by atoms with Crippen molar-refractivity contribution in [3.63, 3.8) is 0 Å². The van der Waals surface area contributed by atoms with E-state index in [2.05, 4.69) is 10.0 Å². The van der Waals surface area contributed by atoms with Crippen molar-refractivity contribution in [2.24, 2.45) is 0 Å². The highest BCUT2D eigenvalue weighted by Crippen LogP contribution is 2.23. The zero-order valence-corrected chi connectivity index (χ0v) is 11.9. The molecule has 0 amide bonds. The molecule has 0 saturated heterocycles. The van der Waals surface area contributed by atoms with Gasteiger partial charge in [0.15, 0.2) is 0 Å². The maximum atomic E-state index is 13.9. The second-order valence-corrected chi connectivity index (χ2v) is 6.88. The third-order valence-corrected chi connectivity index (χ3v) is 4.45.